The molecule has 0 saturated carbocycles. The molecule has 0 aromatic heterocycles. The van der Waals surface area contributed by atoms with Crippen molar-refractivity contribution in [3.63, 3.8) is 0 Å². The van der Waals surface area contributed by atoms with Gasteiger partial charge in [-0.25, -0.2) is 0 Å². The molecular weight excluding hydrogens is 264 g/mol. The molecule has 118 valence electrons. The van der Waals surface area contributed by atoms with Gasteiger partial charge in [-0.15, -0.1) is 0 Å². The molecule has 1 saturated heterocycles. The van der Waals surface area contributed by atoms with Crippen LogP contribution in [-0.4, -0.2) is 45.3 Å². The molecule has 0 spiro atoms. The molecule has 1 fully saturated rings. The number of hydrogen-bond donors (Lipinski definition) is 1. The molecule has 2 atom stereocenters. The number of hydrogen-bond acceptors (Lipinski definition) is 4. The largest absolute Gasteiger partial charge is 0.493 e. The molecule has 1 heterocycles. The molecule has 4 nitrogen and oxygen atoms in total. The minimum absolute atomic E-state index is 0.441. The topological polar surface area (TPSA) is 33.7 Å². The van der Waals surface area contributed by atoms with Crippen LogP contribution in [0.5, 0.6) is 11.5 Å². The second kappa shape index (κ2) is 7.14. The van der Waals surface area contributed by atoms with Crippen molar-refractivity contribution in [2.75, 3.05) is 34.4 Å². The van der Waals surface area contributed by atoms with Crippen LogP contribution in [0.1, 0.15) is 31.9 Å². The van der Waals surface area contributed by atoms with E-state index >= 15 is 0 Å². The third-order valence-electron chi connectivity index (χ3n) is 4.31. The number of rotatable bonds is 6. The Bertz CT molecular complexity index is 462. The Kier molecular flexibility index (Phi) is 5.48. The lowest BCUT2D eigenvalue weighted by molar-refractivity contribution is 0.268. The summed E-state index contributed by atoms with van der Waals surface area (Å²) in [7, 11) is 5.57. The highest BCUT2D eigenvalue weighted by atomic mass is 16.5. The summed E-state index contributed by atoms with van der Waals surface area (Å²) in [5, 5.41) is 3.58. The summed E-state index contributed by atoms with van der Waals surface area (Å²) in [6.07, 6.45) is 1.23. The van der Waals surface area contributed by atoms with E-state index < -0.39 is 0 Å². The van der Waals surface area contributed by atoms with Gasteiger partial charge in [-0.05, 0) is 43.6 Å². The second-order valence-corrected chi connectivity index (χ2v) is 6.15. The first-order valence-electron chi connectivity index (χ1n) is 7.72. The van der Waals surface area contributed by atoms with Crippen molar-refractivity contribution >= 4 is 0 Å². The number of methoxy groups -OCH3 is 2. The lowest BCUT2D eigenvalue weighted by Gasteiger charge is -2.27. The molecule has 1 aliphatic rings. The lowest BCUT2D eigenvalue weighted by Crippen LogP contribution is -2.32. The average Bonchev–Trinajstić information content (AvgIpc) is 2.85. The molecule has 1 N–H and O–H groups in total. The Morgan fingerprint density at radius 1 is 1.24 bits per heavy atom. The molecule has 0 aliphatic carbocycles. The molecule has 0 amide bonds. The number of likely N-dealkylation sites (tertiary alicyclic amines) is 1. The van der Waals surface area contributed by atoms with Crippen molar-refractivity contribution in [2.24, 2.45) is 5.92 Å². The standard InChI is InChI=1S/C17H28N2O2/c1-12(2)18-11-14-8-9-19(3)17(14)13-6-7-15(20-4)16(10-13)21-5/h6-7,10,12,14,17-18H,8-9,11H2,1-5H3. The fourth-order valence-electron chi connectivity index (χ4n) is 3.19. The summed E-state index contributed by atoms with van der Waals surface area (Å²) in [5.41, 5.74) is 1.31. The zero-order valence-corrected chi connectivity index (χ0v) is 13.8. The van der Waals surface area contributed by atoms with Crippen LogP contribution in [0.4, 0.5) is 0 Å². The first-order valence-corrected chi connectivity index (χ1v) is 7.72. The van der Waals surface area contributed by atoms with E-state index in [9.17, 15) is 0 Å². The highest BCUT2D eigenvalue weighted by molar-refractivity contribution is 5.44. The van der Waals surface area contributed by atoms with Gasteiger partial charge in [0.15, 0.2) is 11.5 Å². The first kappa shape index (κ1) is 16.1. The lowest BCUT2D eigenvalue weighted by atomic mass is 9.93. The summed E-state index contributed by atoms with van der Waals surface area (Å²) in [5.74, 6) is 2.24. The second-order valence-electron chi connectivity index (χ2n) is 6.15. The maximum absolute atomic E-state index is 5.45. The maximum Gasteiger partial charge on any atom is 0.161 e. The molecule has 0 radical (unpaired) electrons. The Labute approximate surface area is 128 Å². The van der Waals surface area contributed by atoms with Gasteiger partial charge in [0.25, 0.3) is 0 Å². The van der Waals surface area contributed by atoms with E-state index in [1.54, 1.807) is 14.2 Å². The smallest absolute Gasteiger partial charge is 0.161 e. The van der Waals surface area contributed by atoms with Crippen molar-refractivity contribution < 1.29 is 9.47 Å². The third-order valence-corrected chi connectivity index (χ3v) is 4.31. The SMILES string of the molecule is COc1ccc(C2C(CNC(C)C)CCN2C)cc1OC. The summed E-state index contributed by atoms with van der Waals surface area (Å²) < 4.78 is 10.8. The minimum atomic E-state index is 0.441. The Hall–Kier alpha value is -1.26. The van der Waals surface area contributed by atoms with Gasteiger partial charge >= 0.3 is 0 Å². The van der Waals surface area contributed by atoms with E-state index in [0.29, 0.717) is 18.0 Å². The molecule has 2 unspecified atom stereocenters. The average molecular weight is 292 g/mol. The van der Waals surface area contributed by atoms with Crippen LogP contribution in [0.2, 0.25) is 0 Å². The van der Waals surface area contributed by atoms with E-state index in [2.05, 4.69) is 43.2 Å². The molecule has 1 aliphatic heterocycles. The Morgan fingerprint density at radius 3 is 2.57 bits per heavy atom. The van der Waals surface area contributed by atoms with E-state index in [1.165, 1.54) is 12.0 Å². The molecule has 0 bridgehead atoms. The number of benzene rings is 1. The third kappa shape index (κ3) is 3.69. The Morgan fingerprint density at radius 2 is 1.95 bits per heavy atom. The van der Waals surface area contributed by atoms with Crippen LogP contribution in [0.15, 0.2) is 18.2 Å². The first-order chi connectivity index (χ1) is 10.1. The quantitative estimate of drug-likeness (QED) is 0.874. The fraction of sp³-hybridized carbons (Fsp3) is 0.647. The monoisotopic (exact) mass is 292 g/mol. The van der Waals surface area contributed by atoms with Crippen LogP contribution in [0, 0.1) is 5.92 Å². The summed E-state index contributed by atoms with van der Waals surface area (Å²) in [6.45, 7) is 6.60. The predicted molar refractivity (Wildman–Crippen MR) is 86.2 cm³/mol. The van der Waals surface area contributed by atoms with Gasteiger partial charge in [-0.2, -0.15) is 0 Å². The van der Waals surface area contributed by atoms with Crippen molar-refractivity contribution in [1.82, 2.24) is 10.2 Å². The van der Waals surface area contributed by atoms with Gasteiger partial charge < -0.3 is 14.8 Å². The van der Waals surface area contributed by atoms with E-state index in [0.717, 1.165) is 24.6 Å². The van der Waals surface area contributed by atoms with Crippen molar-refractivity contribution in [2.45, 2.75) is 32.4 Å². The van der Waals surface area contributed by atoms with Gasteiger partial charge in [0.2, 0.25) is 0 Å². The van der Waals surface area contributed by atoms with Crippen LogP contribution in [-0.2, 0) is 0 Å². The van der Waals surface area contributed by atoms with Gasteiger partial charge in [-0.1, -0.05) is 19.9 Å². The molecular formula is C17H28N2O2. The van der Waals surface area contributed by atoms with E-state index in [-0.39, 0.29) is 0 Å². The van der Waals surface area contributed by atoms with Crippen molar-refractivity contribution in [1.29, 1.82) is 0 Å². The van der Waals surface area contributed by atoms with E-state index in [1.807, 2.05) is 6.07 Å². The van der Waals surface area contributed by atoms with Crippen molar-refractivity contribution in [3.8, 4) is 11.5 Å². The maximum atomic E-state index is 5.45. The normalized spacial score (nSPS) is 22.8. The van der Waals surface area contributed by atoms with E-state index in [4.69, 9.17) is 9.47 Å². The molecule has 2 rings (SSSR count). The van der Waals surface area contributed by atoms with Gasteiger partial charge in [0.05, 0.1) is 14.2 Å². The molecule has 4 heteroatoms. The highest BCUT2D eigenvalue weighted by Crippen LogP contribution is 2.39. The fourth-order valence-corrected chi connectivity index (χ4v) is 3.19. The van der Waals surface area contributed by atoms with Crippen molar-refractivity contribution in [3.05, 3.63) is 23.8 Å². The number of ether oxygens (including phenoxy) is 2. The summed E-state index contributed by atoms with van der Waals surface area (Å²) in [4.78, 5) is 2.44. The molecule has 1 aromatic carbocycles. The van der Waals surface area contributed by atoms with Crippen LogP contribution < -0.4 is 14.8 Å². The van der Waals surface area contributed by atoms with Crippen LogP contribution in [0.3, 0.4) is 0 Å². The minimum Gasteiger partial charge on any atom is -0.493 e. The van der Waals surface area contributed by atoms with Gasteiger partial charge in [-0.3, -0.25) is 4.90 Å². The molecule has 1 aromatic rings. The molecule has 21 heavy (non-hydrogen) atoms. The number of nitrogens with zero attached hydrogens (tertiary/aromatic N) is 1. The van der Waals surface area contributed by atoms with Gasteiger partial charge in [0, 0.05) is 18.6 Å². The van der Waals surface area contributed by atoms with Gasteiger partial charge in [0.1, 0.15) is 0 Å². The van der Waals surface area contributed by atoms with Crippen LogP contribution in [0.25, 0.3) is 0 Å². The summed E-state index contributed by atoms with van der Waals surface area (Å²) >= 11 is 0. The number of nitrogens with one attached hydrogen (secondary N) is 1. The highest BCUT2D eigenvalue weighted by Gasteiger charge is 2.33. The Balaban J connectivity index is 2.20. The zero-order chi connectivity index (χ0) is 15.4. The summed E-state index contributed by atoms with van der Waals surface area (Å²) in [6, 6.07) is 7.26. The zero-order valence-electron chi connectivity index (χ0n) is 13.8. The van der Waals surface area contributed by atoms with Crippen LogP contribution >= 0.6 is 0 Å². The predicted octanol–water partition coefficient (Wildman–Crippen LogP) is 2.69.